The molecule has 7 heteroatoms. The molecule has 17 heavy (non-hydrogen) atoms. The van der Waals surface area contributed by atoms with Crippen LogP contribution in [0.3, 0.4) is 0 Å². The fraction of sp³-hybridized carbons (Fsp3) is 0.600. The Kier molecular flexibility index (Phi) is 2.22. The smallest absolute Gasteiger partial charge is 0.302 e. The molecule has 92 valence electrons. The zero-order chi connectivity index (χ0) is 12.2. The number of nitrogens with zero attached hydrogens (tertiary/aromatic N) is 2. The number of hydrogen-bond donors (Lipinski definition) is 2. The van der Waals surface area contributed by atoms with Gasteiger partial charge in [0.25, 0.3) is 5.56 Å². The lowest BCUT2D eigenvalue weighted by molar-refractivity contribution is -0.0435. The first-order chi connectivity index (χ1) is 8.11. The first-order valence-electron chi connectivity index (χ1n) is 5.32. The number of ether oxygens (including phenoxy) is 2. The first kappa shape index (κ1) is 10.7. The molecule has 2 aliphatic rings. The molecule has 0 aliphatic carbocycles. The van der Waals surface area contributed by atoms with E-state index in [9.17, 15) is 9.90 Å². The number of rotatable bonds is 1. The van der Waals surface area contributed by atoms with Crippen LogP contribution in [0.5, 0.6) is 6.01 Å². The summed E-state index contributed by atoms with van der Waals surface area (Å²) in [6.45, 7) is 1.37. The fourth-order valence-electron chi connectivity index (χ4n) is 2.16. The molecule has 1 fully saturated rings. The van der Waals surface area contributed by atoms with Gasteiger partial charge in [0.2, 0.25) is 0 Å². The summed E-state index contributed by atoms with van der Waals surface area (Å²) in [6, 6.07) is 0.144. The molecule has 7 nitrogen and oxygen atoms in total. The normalized spacial score (nSPS) is 34.3. The van der Waals surface area contributed by atoms with Crippen molar-refractivity contribution < 1.29 is 19.7 Å². The van der Waals surface area contributed by atoms with E-state index in [0.717, 1.165) is 0 Å². The second kappa shape index (κ2) is 3.52. The van der Waals surface area contributed by atoms with Crippen LogP contribution in [0, 0.1) is 6.92 Å². The average Bonchev–Trinajstić information content (AvgIpc) is 2.78. The molecule has 2 aliphatic heterocycles. The molecule has 0 aromatic carbocycles. The van der Waals surface area contributed by atoms with E-state index in [1.165, 1.54) is 0 Å². The van der Waals surface area contributed by atoms with Crippen LogP contribution in [0.2, 0.25) is 0 Å². The highest BCUT2D eigenvalue weighted by atomic mass is 16.6. The molecule has 0 saturated carbocycles. The average molecular weight is 240 g/mol. The van der Waals surface area contributed by atoms with E-state index < -0.39 is 24.5 Å². The van der Waals surface area contributed by atoms with Crippen molar-refractivity contribution in [3.63, 3.8) is 0 Å². The largest absolute Gasteiger partial charge is 0.453 e. The highest BCUT2D eigenvalue weighted by Gasteiger charge is 2.50. The molecule has 0 radical (unpaired) electrons. The minimum Gasteiger partial charge on any atom is -0.453 e. The number of aromatic nitrogens is 2. The lowest BCUT2D eigenvalue weighted by Crippen LogP contribution is -2.34. The Balaban J connectivity index is 2.02. The van der Waals surface area contributed by atoms with Crippen molar-refractivity contribution in [1.29, 1.82) is 0 Å². The number of aliphatic hydroxyl groups is 2. The summed E-state index contributed by atoms with van der Waals surface area (Å²) in [7, 11) is 0. The third kappa shape index (κ3) is 1.40. The van der Waals surface area contributed by atoms with Crippen molar-refractivity contribution in [1.82, 2.24) is 9.55 Å². The summed E-state index contributed by atoms with van der Waals surface area (Å²) in [5.74, 6) is 0. The summed E-state index contributed by atoms with van der Waals surface area (Å²) in [6.07, 6.45) is -1.17. The van der Waals surface area contributed by atoms with E-state index in [4.69, 9.17) is 14.6 Å². The number of aryl methyl sites for hydroxylation is 1. The third-order valence-corrected chi connectivity index (χ3v) is 3.10. The minimum absolute atomic E-state index is 0.144. The van der Waals surface area contributed by atoms with Crippen molar-refractivity contribution in [3.8, 4) is 6.01 Å². The summed E-state index contributed by atoms with van der Waals surface area (Å²) in [5.41, 5.74) is 0.118. The maximum absolute atomic E-state index is 11.4. The summed E-state index contributed by atoms with van der Waals surface area (Å²) < 4.78 is 12.4. The van der Waals surface area contributed by atoms with E-state index in [1.807, 2.05) is 0 Å². The van der Waals surface area contributed by atoms with Gasteiger partial charge >= 0.3 is 6.01 Å². The van der Waals surface area contributed by atoms with E-state index in [1.54, 1.807) is 17.7 Å². The van der Waals surface area contributed by atoms with Gasteiger partial charge in [-0.2, -0.15) is 4.98 Å². The quantitative estimate of drug-likeness (QED) is 0.624. The van der Waals surface area contributed by atoms with Gasteiger partial charge in [-0.1, -0.05) is 0 Å². The van der Waals surface area contributed by atoms with Crippen molar-refractivity contribution >= 4 is 0 Å². The third-order valence-electron chi connectivity index (χ3n) is 3.10. The zero-order valence-corrected chi connectivity index (χ0v) is 9.11. The van der Waals surface area contributed by atoms with Crippen LogP contribution in [0.25, 0.3) is 0 Å². The predicted molar refractivity (Wildman–Crippen MR) is 54.7 cm³/mol. The monoisotopic (exact) mass is 240 g/mol. The maximum Gasteiger partial charge on any atom is 0.302 e. The molecule has 1 aromatic rings. The Morgan fingerprint density at radius 3 is 3.06 bits per heavy atom. The molecule has 0 amide bonds. The Morgan fingerprint density at radius 2 is 2.35 bits per heavy atom. The van der Waals surface area contributed by atoms with E-state index in [2.05, 4.69) is 4.98 Å². The SMILES string of the molecule is Cc1cn2c(nc1=O)O[C@@H]1[C@@H](O)[C@@H](CO)O[C@@H]12. The van der Waals surface area contributed by atoms with Crippen molar-refractivity contribution in [2.75, 3.05) is 6.61 Å². The van der Waals surface area contributed by atoms with Gasteiger partial charge in [-0.15, -0.1) is 0 Å². The molecule has 1 aromatic heterocycles. The van der Waals surface area contributed by atoms with Crippen LogP contribution in [0.4, 0.5) is 0 Å². The second-order valence-electron chi connectivity index (χ2n) is 4.24. The Morgan fingerprint density at radius 1 is 1.59 bits per heavy atom. The van der Waals surface area contributed by atoms with Gasteiger partial charge in [-0.05, 0) is 6.92 Å². The Labute approximate surface area is 96.2 Å². The standard InChI is InChI=1S/C10H12N2O5/c1-4-2-12-9-7(6(14)5(3-13)16-9)17-10(12)11-8(4)15/h2,5-7,9,13-14H,3H2,1H3/t5-,6+,7-,9+/m1/s1. The molecular formula is C10H12N2O5. The van der Waals surface area contributed by atoms with Gasteiger partial charge in [0, 0.05) is 11.8 Å². The highest BCUT2D eigenvalue weighted by Crippen LogP contribution is 2.38. The van der Waals surface area contributed by atoms with Crippen LogP contribution >= 0.6 is 0 Å². The van der Waals surface area contributed by atoms with Crippen molar-refractivity contribution in [2.24, 2.45) is 0 Å². The van der Waals surface area contributed by atoms with Crippen LogP contribution in [0.15, 0.2) is 11.0 Å². The van der Waals surface area contributed by atoms with E-state index in [-0.39, 0.29) is 18.2 Å². The van der Waals surface area contributed by atoms with Gasteiger partial charge in [-0.3, -0.25) is 9.36 Å². The number of hydrogen-bond acceptors (Lipinski definition) is 6. The van der Waals surface area contributed by atoms with Crippen LogP contribution < -0.4 is 10.3 Å². The summed E-state index contributed by atoms with van der Waals surface area (Å²) in [5, 5.41) is 18.9. The Bertz CT molecular complexity index is 514. The van der Waals surface area contributed by atoms with E-state index >= 15 is 0 Å². The van der Waals surface area contributed by atoms with Crippen molar-refractivity contribution in [3.05, 3.63) is 22.1 Å². The number of fused-ring (bicyclic) bond motifs is 3. The number of aliphatic hydroxyl groups excluding tert-OH is 2. The van der Waals surface area contributed by atoms with Crippen LogP contribution in [-0.2, 0) is 4.74 Å². The lowest BCUT2D eigenvalue weighted by atomic mass is 10.1. The first-order valence-corrected chi connectivity index (χ1v) is 5.32. The van der Waals surface area contributed by atoms with E-state index in [0.29, 0.717) is 5.56 Å². The fourth-order valence-corrected chi connectivity index (χ4v) is 2.16. The summed E-state index contributed by atoms with van der Waals surface area (Å²) >= 11 is 0. The van der Waals surface area contributed by atoms with Crippen molar-refractivity contribution in [2.45, 2.75) is 31.5 Å². The molecule has 0 spiro atoms. The molecule has 0 bridgehead atoms. The Hall–Kier alpha value is -1.44. The maximum atomic E-state index is 11.4. The van der Waals surface area contributed by atoms with Gasteiger partial charge < -0.3 is 19.7 Å². The molecule has 0 unspecified atom stereocenters. The molecular weight excluding hydrogens is 228 g/mol. The summed E-state index contributed by atoms with van der Waals surface area (Å²) in [4.78, 5) is 15.1. The molecule has 3 heterocycles. The molecule has 3 rings (SSSR count). The lowest BCUT2D eigenvalue weighted by Gasteiger charge is -2.14. The van der Waals surface area contributed by atoms with Gasteiger partial charge in [0.15, 0.2) is 12.3 Å². The minimum atomic E-state index is -0.929. The molecule has 1 saturated heterocycles. The van der Waals surface area contributed by atoms with Gasteiger partial charge in [0.1, 0.15) is 12.2 Å². The molecule has 2 N–H and O–H groups in total. The van der Waals surface area contributed by atoms with Crippen LogP contribution in [-0.4, -0.2) is 44.7 Å². The van der Waals surface area contributed by atoms with Gasteiger partial charge in [-0.25, -0.2) is 0 Å². The topological polar surface area (TPSA) is 93.8 Å². The van der Waals surface area contributed by atoms with Crippen LogP contribution in [0.1, 0.15) is 11.8 Å². The molecule has 4 atom stereocenters. The van der Waals surface area contributed by atoms with Gasteiger partial charge in [0.05, 0.1) is 6.61 Å². The predicted octanol–water partition coefficient (Wildman–Crippen LogP) is -1.44. The zero-order valence-electron chi connectivity index (χ0n) is 9.11. The second-order valence-corrected chi connectivity index (χ2v) is 4.24. The highest BCUT2D eigenvalue weighted by molar-refractivity contribution is 5.15.